The van der Waals surface area contributed by atoms with Crippen LogP contribution in [0.3, 0.4) is 0 Å². The molecule has 0 unspecified atom stereocenters. The van der Waals surface area contributed by atoms with Crippen molar-refractivity contribution in [3.63, 3.8) is 0 Å². The van der Waals surface area contributed by atoms with E-state index in [-0.39, 0.29) is 48.0 Å². The first-order valence-electron chi connectivity index (χ1n) is 39.7. The molecule has 5 aliphatic heterocycles. The van der Waals surface area contributed by atoms with Gasteiger partial charge < -0.3 is 38.9 Å². The van der Waals surface area contributed by atoms with Gasteiger partial charge in [0, 0.05) is 49.3 Å². The molecule has 0 radical (unpaired) electrons. The summed E-state index contributed by atoms with van der Waals surface area (Å²) in [6.07, 6.45) is 10.1. The fourth-order valence-corrected chi connectivity index (χ4v) is 17.7. The molecule has 16 nitrogen and oxygen atoms in total. The molecule has 3 saturated heterocycles. The average Bonchev–Trinajstić information content (AvgIpc) is 1.49. The number of allylic oxidation sites excluding steroid dienone is 2. The van der Waals surface area contributed by atoms with E-state index in [4.69, 9.17) is 48.4 Å². The van der Waals surface area contributed by atoms with Crippen molar-refractivity contribution in [2.45, 2.75) is 139 Å². The standard InChI is InChI=1S/C45H40N4O3.C37H29BrN4O.C14H23BO4/c1-31(32-14-6-2-7-15-32)46-43(50)40-28-34-29-41-38(30-39(34)47-40)42(33-22-24-44(25-23-33)51-26-27-52-44)48-49(41)45(35-16-8-3-9-17-35,36-18-10-4-11-19-36)37-20-12-5-13-21-37;1-25(26-14-6-2-7-15-26)39-36(43)33-22-27-23-34-31(24-32(27)40-33)35(38)41-42(34)37(28-16-8-3-9-17-28,29-18-10-4-11-19-29)30-20-12-5-13-21-30;1-12(2)13(3,4)19-15(18-12)11-5-7-14(8-6-11)16-9-10-17-14/h2-22,29-31H,23-28H2,1H3,(H,46,50);2-21,23-25H,22H2,1H3,(H,39,43);5H,6-10H2,1-4H3/t31-;25-;/m11./s1. The quantitative estimate of drug-likeness (QED) is 0.0700. The Morgan fingerprint density at radius 3 is 1.15 bits per heavy atom. The zero-order valence-electron chi connectivity index (χ0n) is 65.1. The van der Waals surface area contributed by atoms with Crippen LogP contribution in [-0.4, -0.2) is 99.1 Å². The molecule has 574 valence electrons. The molecule has 7 aliphatic rings. The summed E-state index contributed by atoms with van der Waals surface area (Å²) in [5.74, 6) is -1.21. The molecule has 2 aromatic heterocycles. The Hall–Kier alpha value is -10.8. The molecule has 2 spiro atoms. The number of ether oxygens (including phenoxy) is 4. The maximum Gasteiger partial charge on any atom is 0.490 e. The number of nitrogens with zero attached hydrogens (tertiary/aromatic N) is 6. The van der Waals surface area contributed by atoms with E-state index < -0.39 is 16.9 Å². The van der Waals surface area contributed by atoms with E-state index >= 15 is 0 Å². The molecule has 2 N–H and O–H groups in total. The van der Waals surface area contributed by atoms with Crippen LogP contribution in [0.25, 0.3) is 27.4 Å². The van der Waals surface area contributed by atoms with E-state index in [1.165, 1.54) is 5.47 Å². The molecule has 114 heavy (non-hydrogen) atoms. The minimum Gasteiger partial charge on any atom is -0.400 e. The van der Waals surface area contributed by atoms with Gasteiger partial charge in [-0.3, -0.25) is 9.59 Å². The lowest BCUT2D eigenvalue weighted by Crippen LogP contribution is -2.41. The molecule has 0 saturated carbocycles. The van der Waals surface area contributed by atoms with E-state index in [1.807, 2.05) is 98.8 Å². The van der Waals surface area contributed by atoms with E-state index in [0.717, 1.165) is 137 Å². The Balaban J connectivity index is 0.000000136. The Morgan fingerprint density at radius 1 is 0.447 bits per heavy atom. The summed E-state index contributed by atoms with van der Waals surface area (Å²) in [4.78, 5) is 36.7. The van der Waals surface area contributed by atoms with Crippen molar-refractivity contribution in [3.05, 3.63) is 350 Å². The lowest BCUT2D eigenvalue weighted by Gasteiger charge is -2.37. The third-order valence-electron chi connectivity index (χ3n) is 23.9. The number of rotatable bonds is 16. The number of aromatic nitrogens is 4. The number of carbonyl (C=O) groups excluding carboxylic acids is 2. The van der Waals surface area contributed by atoms with E-state index in [0.29, 0.717) is 57.1 Å². The summed E-state index contributed by atoms with van der Waals surface area (Å²) in [6, 6.07) is 91.7. The molecule has 2 aliphatic carbocycles. The lowest BCUT2D eigenvalue weighted by molar-refractivity contribution is -0.161. The van der Waals surface area contributed by atoms with Gasteiger partial charge in [-0.15, -0.1) is 0 Å². The Morgan fingerprint density at radius 2 is 0.789 bits per heavy atom. The van der Waals surface area contributed by atoms with Crippen LogP contribution in [0.1, 0.15) is 153 Å². The maximum absolute atomic E-state index is 13.7. The molecule has 2 atom stereocenters. The van der Waals surface area contributed by atoms with Crippen LogP contribution in [0.4, 0.5) is 11.4 Å². The van der Waals surface area contributed by atoms with Crippen LogP contribution in [0, 0.1) is 0 Å². The number of nitrogens with one attached hydrogen (secondary N) is 2. The molecule has 19 rings (SSSR count). The SMILES string of the molecule is CC1(C)OB(C2=CCC3(CC2)OCCO3)OC1(C)C.C[C@@H](NC(=O)C1=Nc2cc3c(Br)nn(C(c4ccccc4)(c4ccccc4)c4ccccc4)c3cc2C1)c1ccccc1.C[C@@H](NC(=O)C1=Nc2cc3c(C4=CCC5(CC4)OCCO5)nn(C(c4ccccc4)(c4ccccc4)c4ccccc4)c3cc2C1)c1ccccc1. The predicted octanol–water partition coefficient (Wildman–Crippen LogP) is 19.3. The smallest absolute Gasteiger partial charge is 0.400 e. The predicted molar refractivity (Wildman–Crippen MR) is 453 cm³/mol. The first kappa shape index (κ1) is 75.9. The van der Waals surface area contributed by atoms with Crippen molar-refractivity contribution in [2.24, 2.45) is 9.98 Å². The number of benzene rings is 10. The van der Waals surface area contributed by atoms with Gasteiger partial charge in [-0.25, -0.2) is 19.3 Å². The van der Waals surface area contributed by atoms with Crippen molar-refractivity contribution in [2.75, 3.05) is 26.4 Å². The first-order chi connectivity index (χ1) is 55.4. The number of halogens is 1. The molecule has 7 heterocycles. The summed E-state index contributed by atoms with van der Waals surface area (Å²) in [5.41, 5.74) is 16.5. The summed E-state index contributed by atoms with van der Waals surface area (Å²) < 4.78 is 40.9. The van der Waals surface area contributed by atoms with Crippen LogP contribution in [-0.2, 0) is 61.8 Å². The molecular formula is C96H92BBrN8O8. The Kier molecular flexibility index (Phi) is 21.0. The largest absolute Gasteiger partial charge is 0.490 e. The van der Waals surface area contributed by atoms with Crippen LogP contribution in [0.15, 0.2) is 299 Å². The fourth-order valence-electron chi connectivity index (χ4n) is 17.2. The highest BCUT2D eigenvalue weighted by molar-refractivity contribution is 9.10. The van der Waals surface area contributed by atoms with E-state index in [1.54, 1.807) is 0 Å². The molecular weight excluding hydrogens is 1480 g/mol. The molecule has 10 aromatic carbocycles. The second kappa shape index (κ2) is 31.5. The highest BCUT2D eigenvalue weighted by atomic mass is 79.9. The third-order valence-corrected chi connectivity index (χ3v) is 24.5. The van der Waals surface area contributed by atoms with Gasteiger partial charge in [0.25, 0.3) is 11.8 Å². The second-order valence-electron chi connectivity index (χ2n) is 31.5. The number of hydrogen-bond donors (Lipinski definition) is 2. The highest BCUT2D eigenvalue weighted by Crippen LogP contribution is 2.50. The molecule has 0 bridgehead atoms. The van der Waals surface area contributed by atoms with Gasteiger partial charge in [0.2, 0.25) is 0 Å². The number of amides is 2. The second-order valence-corrected chi connectivity index (χ2v) is 32.2. The zero-order valence-corrected chi connectivity index (χ0v) is 66.7. The van der Waals surface area contributed by atoms with Gasteiger partial charge in [0.15, 0.2) is 11.6 Å². The number of hydrogen-bond acceptors (Lipinski definition) is 12. The van der Waals surface area contributed by atoms with Crippen molar-refractivity contribution in [3.8, 4) is 0 Å². The molecule has 2 amide bonds. The third kappa shape index (κ3) is 14.3. The Labute approximate surface area is 674 Å². The van der Waals surface area contributed by atoms with Crippen molar-refractivity contribution in [1.29, 1.82) is 0 Å². The maximum atomic E-state index is 13.7. The van der Waals surface area contributed by atoms with Gasteiger partial charge >= 0.3 is 7.12 Å². The lowest BCUT2D eigenvalue weighted by atomic mass is 9.71. The number of fused-ring (bicyclic) bond motifs is 4. The molecule has 12 aromatic rings. The summed E-state index contributed by atoms with van der Waals surface area (Å²) in [5, 5.41) is 19.0. The van der Waals surface area contributed by atoms with E-state index in [9.17, 15) is 9.59 Å². The number of aliphatic imine (C=N–C) groups is 2. The topological polar surface area (TPSA) is 174 Å². The van der Waals surface area contributed by atoms with E-state index in [2.05, 4.69) is 258 Å². The molecule has 18 heteroatoms. The summed E-state index contributed by atoms with van der Waals surface area (Å²) >= 11 is 3.78. The van der Waals surface area contributed by atoms with Crippen molar-refractivity contribution in [1.82, 2.24) is 30.2 Å². The Bertz CT molecular complexity index is 5420. The van der Waals surface area contributed by atoms with Crippen molar-refractivity contribution >= 4 is 85.0 Å². The van der Waals surface area contributed by atoms with Crippen LogP contribution in [0.2, 0.25) is 0 Å². The highest BCUT2D eigenvalue weighted by Gasteiger charge is 2.54. The van der Waals surface area contributed by atoms with Crippen molar-refractivity contribution < 1.29 is 37.8 Å². The monoisotopic (exact) mass is 1570 g/mol. The summed E-state index contributed by atoms with van der Waals surface area (Å²) in [7, 11) is -0.219. The fraction of sp³-hybridized carbons (Fsp3) is 0.271. The average molecular weight is 1580 g/mol. The van der Waals surface area contributed by atoms with Gasteiger partial charge in [-0.2, -0.15) is 10.2 Å². The van der Waals surface area contributed by atoms with Crippen LogP contribution in [0.5, 0.6) is 0 Å². The first-order valence-corrected chi connectivity index (χ1v) is 40.5. The van der Waals surface area contributed by atoms with Crippen LogP contribution < -0.4 is 10.6 Å². The van der Waals surface area contributed by atoms with Gasteiger partial charge in [0.05, 0.1) is 77.8 Å². The molecule has 3 fully saturated rings. The summed E-state index contributed by atoms with van der Waals surface area (Å²) in [6.45, 7) is 15.0. The zero-order chi connectivity index (χ0) is 78.2. The minimum absolute atomic E-state index is 0.120. The van der Waals surface area contributed by atoms with Crippen LogP contribution >= 0.6 is 15.9 Å². The normalized spacial score (nSPS) is 18.1. The minimum atomic E-state index is -0.812. The van der Waals surface area contributed by atoms with Gasteiger partial charge in [0.1, 0.15) is 27.1 Å². The van der Waals surface area contributed by atoms with Gasteiger partial charge in [-0.05, 0) is 161 Å². The van der Waals surface area contributed by atoms with Gasteiger partial charge in [-0.1, -0.05) is 255 Å². The number of carbonyl (C=O) groups is 2.